The second-order valence-electron chi connectivity index (χ2n) is 30.4. The van der Waals surface area contributed by atoms with Gasteiger partial charge < -0.3 is 46.1 Å². The summed E-state index contributed by atoms with van der Waals surface area (Å²) < 4.78 is 99.2. The van der Waals surface area contributed by atoms with E-state index in [1.54, 1.807) is 101 Å². The van der Waals surface area contributed by atoms with Crippen molar-refractivity contribution in [3.63, 3.8) is 0 Å². The molecule has 1 unspecified atom stereocenters. The van der Waals surface area contributed by atoms with Crippen LogP contribution in [-0.4, -0.2) is 207 Å². The molecule has 0 spiro atoms. The van der Waals surface area contributed by atoms with Crippen molar-refractivity contribution in [1.82, 2.24) is 59.9 Å². The Morgan fingerprint density at radius 3 is 1.40 bits per heavy atom. The van der Waals surface area contributed by atoms with Gasteiger partial charge in [-0.15, -0.1) is 0 Å². The van der Waals surface area contributed by atoms with Crippen molar-refractivity contribution in [1.29, 1.82) is 0 Å². The third kappa shape index (κ3) is 28.7. The first-order chi connectivity index (χ1) is 52.8. The number of carbonyl (C=O) groups excluding carboxylic acids is 4. The summed E-state index contributed by atoms with van der Waals surface area (Å²) in [6.45, 7) is 20.7. The van der Waals surface area contributed by atoms with E-state index in [1.165, 1.54) is 43.8 Å². The van der Waals surface area contributed by atoms with Gasteiger partial charge in [-0.1, -0.05) is 28.6 Å². The van der Waals surface area contributed by atoms with Gasteiger partial charge in [-0.05, 0) is 221 Å². The van der Waals surface area contributed by atoms with Gasteiger partial charge in [0.05, 0.1) is 36.8 Å². The second kappa shape index (κ2) is 40.4. The summed E-state index contributed by atoms with van der Waals surface area (Å²) in [5.74, 6) is 3.45. The summed E-state index contributed by atoms with van der Waals surface area (Å²) in [5, 5.41) is 12.8. The zero-order valence-electron chi connectivity index (χ0n) is 66.8. The molecule has 0 saturated carbocycles. The number of hydrogen-bond donors (Lipinski definition) is 4. The maximum absolute atomic E-state index is 13.0. The van der Waals surface area contributed by atoms with Crippen molar-refractivity contribution < 1.29 is 93.7 Å². The molecule has 28 nitrogen and oxygen atoms in total. The minimum Gasteiger partial charge on any atom is -1.00 e. The van der Waals surface area contributed by atoms with Crippen molar-refractivity contribution in [3.8, 4) is 0 Å². The number of carbonyl (C=O) groups is 4. The third-order valence-corrected chi connectivity index (χ3v) is 22.2. The fourth-order valence-corrected chi connectivity index (χ4v) is 15.3. The fourth-order valence-electron chi connectivity index (χ4n) is 13.0. The summed E-state index contributed by atoms with van der Waals surface area (Å²) in [4.78, 5) is 91.1. The molecule has 0 bridgehead atoms. The largest absolute Gasteiger partial charge is 1.00 e. The van der Waals surface area contributed by atoms with Crippen LogP contribution >= 0.6 is 15.9 Å². The molecule has 0 aliphatic carbocycles. The van der Waals surface area contributed by atoms with Crippen LogP contribution < -0.4 is 45.5 Å². The van der Waals surface area contributed by atoms with E-state index in [-0.39, 0.29) is 76.7 Å². The number of piperidine rings is 4. The number of likely N-dealkylation sites (tertiary alicyclic amines) is 3. The van der Waals surface area contributed by atoms with Gasteiger partial charge in [0.1, 0.15) is 39.8 Å². The number of nitrogens with zero attached hydrogens (tertiary/aromatic N) is 11. The first-order valence-corrected chi connectivity index (χ1v) is 44.9. The van der Waals surface area contributed by atoms with Crippen LogP contribution in [0, 0.1) is 17.8 Å². The van der Waals surface area contributed by atoms with Crippen LogP contribution in [0.3, 0.4) is 0 Å². The van der Waals surface area contributed by atoms with Gasteiger partial charge in [-0.25, -0.2) is 78.9 Å². The van der Waals surface area contributed by atoms with E-state index in [9.17, 15) is 44.4 Å². The van der Waals surface area contributed by atoms with Crippen molar-refractivity contribution in [2.75, 3.05) is 88.0 Å². The van der Waals surface area contributed by atoms with Crippen LogP contribution in [0.1, 0.15) is 122 Å². The Hall–Kier alpha value is -8.12. The predicted molar refractivity (Wildman–Crippen MR) is 439 cm³/mol. The van der Waals surface area contributed by atoms with E-state index in [2.05, 4.69) is 78.3 Å². The van der Waals surface area contributed by atoms with Crippen LogP contribution in [0.4, 0.5) is 21.2 Å². The van der Waals surface area contributed by atoms with E-state index in [0.717, 1.165) is 120 Å². The number of halogens is 1. The Kier molecular flexibility index (Phi) is 32.4. The second-order valence-corrected chi connectivity index (χ2v) is 38.2. The average Bonchev–Trinajstić information content (AvgIpc) is 0.817. The SMILES string of the molecule is C=CC(=O)Nc1ccc(C(=O)N2CCC[C@@H](Nc3ncc4ccc(S(C)(=O)=O)cc4n3)C2)cc1.CC(C)(C)OC(=O)N1CCC[C@@H](Cc2ncc3ccc(Br)cc3n2)C1.CC(C)(C)OC(=O)N1CCC[C@@H](Cc2ncc3ccc(S(C)(=O)=O)cc3n2)C1.CS(=O)(=O)c1ccc2cnc(C[C@@H]3CCCNC3)nc2c1.CS(=O)O.[H-].[Na+]. The van der Waals surface area contributed by atoms with Crippen molar-refractivity contribution in [3.05, 3.63) is 162 Å². The minimum absolute atomic E-state index is 0. The molecule has 4 N–H and O–H groups in total. The Balaban J connectivity index is 0.000000208. The number of anilines is 2. The number of benzene rings is 5. The molecular weight excluding hydrogens is 1600 g/mol. The van der Waals surface area contributed by atoms with E-state index < -0.39 is 51.8 Å². The summed E-state index contributed by atoms with van der Waals surface area (Å²) in [7, 11) is -9.83. The number of ether oxygens (including phenoxy) is 2. The molecule has 8 heterocycles. The third-order valence-electron chi connectivity index (χ3n) is 18.4. The normalized spacial score (nSPS) is 17.7. The molecule has 4 aliphatic heterocycles. The molecule has 602 valence electrons. The molecule has 13 rings (SSSR count). The van der Waals surface area contributed by atoms with Crippen LogP contribution in [0.15, 0.2) is 154 Å². The smallest absolute Gasteiger partial charge is 1.00 e. The average molecular weight is 1700 g/mol. The number of nitrogens with one attached hydrogen (secondary N) is 3. The van der Waals surface area contributed by atoms with Crippen molar-refractivity contribution in [2.45, 2.75) is 144 Å². The number of rotatable bonds is 14. The molecular formula is C79H100BrN14NaO14S4. The van der Waals surface area contributed by atoms with Crippen LogP contribution in [0.2, 0.25) is 0 Å². The summed E-state index contributed by atoms with van der Waals surface area (Å²) in [6.07, 6.45) is 22.7. The minimum atomic E-state index is -3.34. The van der Waals surface area contributed by atoms with Gasteiger partial charge in [0.15, 0.2) is 29.5 Å². The first kappa shape index (κ1) is 90.4. The molecule has 5 aromatic carbocycles. The summed E-state index contributed by atoms with van der Waals surface area (Å²) in [5.41, 5.74) is 2.95. The van der Waals surface area contributed by atoms with E-state index in [4.69, 9.17) is 18.2 Å². The summed E-state index contributed by atoms with van der Waals surface area (Å²) >= 11 is 1.87. The topological polar surface area (TPSA) is 375 Å². The Labute approximate surface area is 695 Å². The number of aromatic nitrogens is 8. The molecule has 0 radical (unpaired) electrons. The van der Waals surface area contributed by atoms with Gasteiger partial charge in [0.25, 0.3) is 5.91 Å². The fraction of sp³-hybridized carbons (Fsp3) is 0.443. The molecule has 4 aromatic heterocycles. The molecule has 4 fully saturated rings. The standard InChI is InChI=1S/C24H25N5O4S.C20H27N3O4S.C19H24BrN3O2.C15H19N3O2S.CH4O2S.Na.H/c1-3-22(30)26-18-9-6-16(7-10-18)23(31)29-12-4-5-19(15-29)27-24-25-14-17-8-11-20(34(2,32)33)13-21(17)28-24;1-20(2,3)27-19(24)23-9-5-6-14(13-23)10-18-21-12-15-7-8-16(28(4,25)26)11-17(15)22-18;1-19(2,3)25-18(24)23-8-4-5-13(12-23)9-17-21-11-14-6-7-15(20)10-16(14)22-17;1-21(19,20)13-5-4-12-10-17-15(18-14(12)8-13)7-11-3-2-6-16-9-11;1-4(2)3;;/h3,6-11,13-14,19H,1,4-5,12,15H2,2H3,(H,26,30)(H,25,27,28);7-8,11-12,14H,5-6,9-10,13H2,1-4H3;6-7,10-11,13H,4-5,8-9,12H2,1-3H3;4-5,8,10-11,16H,2-3,6-7,9H2,1H3;1H3,(H,2,3);;/q;;;;;+1;-1/t19-;14-;13-;11-;;;/m1000.../s1. The number of amides is 4. The molecule has 4 aliphatic rings. The predicted octanol–water partition coefficient (Wildman–Crippen LogP) is 9.21. The van der Waals surface area contributed by atoms with Crippen molar-refractivity contribution in [2.24, 2.45) is 17.8 Å². The van der Waals surface area contributed by atoms with Crippen LogP contribution in [0.25, 0.3) is 43.6 Å². The maximum atomic E-state index is 13.0. The number of sulfone groups is 3. The molecule has 5 atom stereocenters. The molecule has 4 amide bonds. The summed E-state index contributed by atoms with van der Waals surface area (Å²) in [6, 6.07) is 27.3. The number of hydrogen-bond acceptors (Lipinski definition) is 23. The van der Waals surface area contributed by atoms with E-state index in [1.807, 2.05) is 70.8 Å². The zero-order chi connectivity index (χ0) is 81.3. The first-order valence-electron chi connectivity index (χ1n) is 36.9. The van der Waals surface area contributed by atoms with Crippen LogP contribution in [0.5, 0.6) is 0 Å². The maximum Gasteiger partial charge on any atom is 1.00 e. The zero-order valence-corrected chi connectivity index (χ0v) is 72.6. The molecule has 34 heteroatoms. The van der Waals surface area contributed by atoms with Gasteiger partial charge in [-0.3, -0.25) is 9.59 Å². The molecule has 4 saturated heterocycles. The van der Waals surface area contributed by atoms with Gasteiger partial charge in [0, 0.05) is 152 Å². The Morgan fingerprint density at radius 2 is 0.973 bits per heavy atom. The quantitative estimate of drug-likeness (QED) is 0.0447. The van der Waals surface area contributed by atoms with Gasteiger partial charge in [0.2, 0.25) is 11.9 Å². The molecule has 113 heavy (non-hydrogen) atoms. The Bertz CT molecular complexity index is 5260. The number of fused-ring (bicyclic) bond motifs is 4. The van der Waals surface area contributed by atoms with E-state index >= 15 is 0 Å². The van der Waals surface area contributed by atoms with E-state index in [0.29, 0.717) is 95.4 Å². The van der Waals surface area contributed by atoms with Gasteiger partial charge in [-0.2, -0.15) is 0 Å². The Morgan fingerprint density at radius 1 is 0.575 bits per heavy atom. The van der Waals surface area contributed by atoms with Gasteiger partial charge >= 0.3 is 41.7 Å². The monoisotopic (exact) mass is 1700 g/mol. The van der Waals surface area contributed by atoms with Crippen LogP contribution in [-0.2, 0) is 74.1 Å². The van der Waals surface area contributed by atoms with Crippen molar-refractivity contribution >= 4 is 136 Å². The molecule has 9 aromatic rings.